The molecule has 6 nitrogen and oxygen atoms in total. The molecule has 116 valence electrons. The Hall–Kier alpha value is -1.60. The Morgan fingerprint density at radius 1 is 1.43 bits per heavy atom. The van der Waals surface area contributed by atoms with Crippen LogP contribution in [-0.4, -0.2) is 43.3 Å². The maximum atomic E-state index is 12.2. The first kappa shape index (κ1) is 15.8. The predicted octanol–water partition coefficient (Wildman–Crippen LogP) is 1.38. The zero-order valence-corrected chi connectivity index (χ0v) is 13.4. The standard InChI is InChI=1S/C14H22N4O2S/c1-7(18(2)3)6-17-14-9(13(16)20)10(15)12(21-14)11(19)8-4-5-8/h7-8,17H,4-6,15H2,1-3H3,(H2,16,20). The fraction of sp³-hybridized carbons (Fsp3) is 0.571. The van der Waals surface area contributed by atoms with Crippen molar-refractivity contribution >= 4 is 33.7 Å². The molecule has 0 aliphatic heterocycles. The number of nitrogens with one attached hydrogen (secondary N) is 1. The molecule has 1 aliphatic carbocycles. The number of ketones is 1. The number of amides is 1. The monoisotopic (exact) mass is 310 g/mol. The summed E-state index contributed by atoms with van der Waals surface area (Å²) in [6.45, 7) is 2.70. The van der Waals surface area contributed by atoms with Gasteiger partial charge in [0, 0.05) is 18.5 Å². The Labute approximate surface area is 128 Å². The second kappa shape index (κ2) is 6.03. The van der Waals surface area contributed by atoms with Crippen molar-refractivity contribution in [1.82, 2.24) is 4.90 Å². The van der Waals surface area contributed by atoms with Gasteiger partial charge in [0.2, 0.25) is 0 Å². The van der Waals surface area contributed by atoms with E-state index in [1.165, 1.54) is 11.3 Å². The number of hydrogen-bond donors (Lipinski definition) is 3. The van der Waals surface area contributed by atoms with Gasteiger partial charge in [-0.15, -0.1) is 11.3 Å². The Kier molecular flexibility index (Phi) is 4.53. The van der Waals surface area contributed by atoms with E-state index in [9.17, 15) is 9.59 Å². The Morgan fingerprint density at radius 2 is 2.05 bits per heavy atom. The summed E-state index contributed by atoms with van der Waals surface area (Å²) in [6, 6.07) is 0.275. The summed E-state index contributed by atoms with van der Waals surface area (Å²) in [4.78, 5) is 26.4. The number of primary amides is 1. The molecule has 0 aromatic carbocycles. The highest BCUT2D eigenvalue weighted by molar-refractivity contribution is 7.19. The summed E-state index contributed by atoms with van der Waals surface area (Å²) in [7, 11) is 3.96. The molecule has 1 amide bonds. The van der Waals surface area contributed by atoms with Gasteiger partial charge in [0.25, 0.3) is 5.91 Å². The molecule has 0 spiro atoms. The molecule has 0 bridgehead atoms. The molecule has 1 fully saturated rings. The highest BCUT2D eigenvalue weighted by Gasteiger charge is 2.34. The topological polar surface area (TPSA) is 101 Å². The Morgan fingerprint density at radius 3 is 2.52 bits per heavy atom. The Balaban J connectivity index is 2.24. The molecular formula is C14H22N4O2S. The molecule has 5 N–H and O–H groups in total. The number of thiophene rings is 1. The molecule has 1 aliphatic rings. The van der Waals surface area contributed by atoms with E-state index < -0.39 is 5.91 Å². The van der Waals surface area contributed by atoms with Crippen LogP contribution in [0, 0.1) is 5.92 Å². The minimum Gasteiger partial charge on any atom is -0.397 e. The zero-order chi connectivity index (χ0) is 15.7. The lowest BCUT2D eigenvalue weighted by Crippen LogP contribution is -2.31. The van der Waals surface area contributed by atoms with E-state index in [-0.39, 0.29) is 29.0 Å². The van der Waals surface area contributed by atoms with Gasteiger partial charge >= 0.3 is 0 Å². The molecule has 1 atom stereocenters. The molecule has 7 heteroatoms. The number of nitrogen functional groups attached to an aromatic ring is 1. The van der Waals surface area contributed by atoms with E-state index >= 15 is 0 Å². The molecule has 0 radical (unpaired) electrons. The van der Waals surface area contributed by atoms with Gasteiger partial charge in [0.05, 0.1) is 16.1 Å². The third-order valence-electron chi connectivity index (χ3n) is 3.80. The summed E-state index contributed by atoms with van der Waals surface area (Å²) in [5.74, 6) is -0.493. The van der Waals surface area contributed by atoms with E-state index in [1.54, 1.807) is 0 Å². The van der Waals surface area contributed by atoms with Crippen LogP contribution in [0.25, 0.3) is 0 Å². The van der Waals surface area contributed by atoms with Crippen LogP contribution in [0.1, 0.15) is 39.8 Å². The van der Waals surface area contributed by atoms with Crippen LogP contribution in [0.3, 0.4) is 0 Å². The van der Waals surface area contributed by atoms with Crippen molar-refractivity contribution in [2.45, 2.75) is 25.8 Å². The van der Waals surface area contributed by atoms with Crippen LogP contribution < -0.4 is 16.8 Å². The van der Waals surface area contributed by atoms with Gasteiger partial charge in [-0.25, -0.2) is 0 Å². The second-order valence-corrected chi connectivity index (χ2v) is 6.77. The van der Waals surface area contributed by atoms with Crippen LogP contribution in [0.2, 0.25) is 0 Å². The van der Waals surface area contributed by atoms with Crippen LogP contribution in [-0.2, 0) is 0 Å². The van der Waals surface area contributed by atoms with Gasteiger partial charge in [0.1, 0.15) is 5.00 Å². The number of nitrogens with two attached hydrogens (primary N) is 2. The number of nitrogens with zero attached hydrogens (tertiary/aromatic N) is 1. The lowest BCUT2D eigenvalue weighted by Gasteiger charge is -2.20. The Bertz CT molecular complexity index is 564. The summed E-state index contributed by atoms with van der Waals surface area (Å²) in [5.41, 5.74) is 11.9. The lowest BCUT2D eigenvalue weighted by atomic mass is 10.1. The van der Waals surface area contributed by atoms with Crippen LogP contribution in [0.5, 0.6) is 0 Å². The summed E-state index contributed by atoms with van der Waals surface area (Å²) >= 11 is 1.24. The van der Waals surface area contributed by atoms with Crippen molar-refractivity contribution in [3.05, 3.63) is 10.4 Å². The molecular weight excluding hydrogens is 288 g/mol. The molecule has 1 aromatic heterocycles. The van der Waals surface area contributed by atoms with Gasteiger partial charge in [-0.2, -0.15) is 0 Å². The first-order valence-corrected chi connectivity index (χ1v) is 7.81. The zero-order valence-electron chi connectivity index (χ0n) is 12.6. The van der Waals surface area contributed by atoms with E-state index in [2.05, 4.69) is 17.1 Å². The molecule has 1 unspecified atom stereocenters. The molecule has 1 aromatic rings. The number of carbonyl (C=O) groups is 2. The van der Waals surface area contributed by atoms with E-state index in [1.807, 2.05) is 14.1 Å². The van der Waals surface area contributed by atoms with Crippen molar-refractivity contribution in [3.8, 4) is 0 Å². The van der Waals surface area contributed by atoms with Gasteiger partial charge in [-0.1, -0.05) is 0 Å². The van der Waals surface area contributed by atoms with Gasteiger partial charge < -0.3 is 21.7 Å². The average Bonchev–Trinajstić information content (AvgIpc) is 3.19. The highest BCUT2D eigenvalue weighted by atomic mass is 32.1. The number of carbonyl (C=O) groups excluding carboxylic acids is 2. The predicted molar refractivity (Wildman–Crippen MR) is 85.9 cm³/mol. The lowest BCUT2D eigenvalue weighted by molar-refractivity contribution is 0.0972. The summed E-state index contributed by atoms with van der Waals surface area (Å²) in [6.07, 6.45) is 1.81. The van der Waals surface area contributed by atoms with Crippen LogP contribution >= 0.6 is 11.3 Å². The third-order valence-corrected chi connectivity index (χ3v) is 4.98. The van der Waals surface area contributed by atoms with Crippen molar-refractivity contribution in [2.75, 3.05) is 31.7 Å². The number of hydrogen-bond acceptors (Lipinski definition) is 6. The molecule has 2 rings (SSSR count). The first-order chi connectivity index (χ1) is 9.82. The minimum absolute atomic E-state index is 0.0358. The van der Waals surface area contributed by atoms with Crippen molar-refractivity contribution in [2.24, 2.45) is 11.7 Å². The number of rotatable bonds is 7. The number of Topliss-reactive ketones (excluding diaryl/α,β-unsaturated/α-hetero) is 1. The van der Waals surface area contributed by atoms with Crippen molar-refractivity contribution in [3.63, 3.8) is 0 Å². The third kappa shape index (κ3) is 3.36. The molecule has 0 saturated heterocycles. The highest BCUT2D eigenvalue weighted by Crippen LogP contribution is 2.41. The first-order valence-electron chi connectivity index (χ1n) is 6.99. The average molecular weight is 310 g/mol. The van der Waals surface area contributed by atoms with Gasteiger partial charge in [-0.3, -0.25) is 9.59 Å². The number of likely N-dealkylation sites (N-methyl/N-ethyl adjacent to an activating group) is 1. The van der Waals surface area contributed by atoms with E-state index in [0.717, 1.165) is 12.8 Å². The van der Waals surface area contributed by atoms with E-state index in [4.69, 9.17) is 11.5 Å². The van der Waals surface area contributed by atoms with Crippen molar-refractivity contribution in [1.29, 1.82) is 0 Å². The maximum absolute atomic E-state index is 12.2. The fourth-order valence-electron chi connectivity index (χ4n) is 1.95. The normalized spacial score (nSPS) is 16.0. The fourth-order valence-corrected chi connectivity index (χ4v) is 3.10. The summed E-state index contributed by atoms with van der Waals surface area (Å²) < 4.78 is 0. The van der Waals surface area contributed by atoms with Crippen LogP contribution in [0.4, 0.5) is 10.7 Å². The second-order valence-electron chi connectivity index (χ2n) is 5.75. The molecule has 1 saturated carbocycles. The van der Waals surface area contributed by atoms with E-state index in [0.29, 0.717) is 16.4 Å². The molecule has 21 heavy (non-hydrogen) atoms. The molecule has 1 heterocycles. The van der Waals surface area contributed by atoms with Gasteiger partial charge in [-0.05, 0) is 33.9 Å². The SMILES string of the molecule is CC(CNc1sc(C(=O)C2CC2)c(N)c1C(N)=O)N(C)C. The van der Waals surface area contributed by atoms with Crippen molar-refractivity contribution < 1.29 is 9.59 Å². The summed E-state index contributed by atoms with van der Waals surface area (Å²) in [5, 5.41) is 3.79. The van der Waals surface area contributed by atoms with Gasteiger partial charge in [0.15, 0.2) is 5.78 Å². The minimum atomic E-state index is -0.599. The number of anilines is 2. The smallest absolute Gasteiger partial charge is 0.253 e. The largest absolute Gasteiger partial charge is 0.397 e. The maximum Gasteiger partial charge on any atom is 0.253 e. The van der Waals surface area contributed by atoms with Crippen LogP contribution in [0.15, 0.2) is 0 Å². The quantitative estimate of drug-likeness (QED) is 0.661.